The van der Waals surface area contributed by atoms with Crippen molar-refractivity contribution in [3.05, 3.63) is 59.7 Å². The van der Waals surface area contributed by atoms with Crippen molar-refractivity contribution in [2.24, 2.45) is 5.73 Å². The maximum atomic E-state index is 12.4. The molecule has 2 rings (SSSR count). The van der Waals surface area contributed by atoms with Crippen LogP contribution in [0.3, 0.4) is 0 Å². The normalized spacial score (nSPS) is 12.7. The summed E-state index contributed by atoms with van der Waals surface area (Å²) in [6.07, 6.45) is 0. The molecule has 0 aliphatic rings. The number of hydrogen-bond donors (Lipinski definition) is 2. The van der Waals surface area contributed by atoms with E-state index in [4.69, 9.17) is 10.5 Å². The second-order valence-electron chi connectivity index (χ2n) is 6.97. The van der Waals surface area contributed by atoms with E-state index in [9.17, 15) is 4.79 Å². The number of carbonyl (C=O) groups excluding carboxylic acids is 1. The number of nitrogens with one attached hydrogen (secondary N) is 1. The summed E-state index contributed by atoms with van der Waals surface area (Å²) in [5.74, 6) is -0.213. The van der Waals surface area contributed by atoms with Gasteiger partial charge in [0.05, 0.1) is 14.7 Å². The molecule has 0 spiro atoms. The van der Waals surface area contributed by atoms with Gasteiger partial charge in [0.15, 0.2) is 0 Å². The molecule has 0 saturated heterocycles. The van der Waals surface area contributed by atoms with Crippen molar-refractivity contribution < 1.29 is 9.53 Å². The van der Waals surface area contributed by atoms with Crippen molar-refractivity contribution in [1.82, 2.24) is 0 Å². The zero-order valence-corrected chi connectivity index (χ0v) is 15.8. The van der Waals surface area contributed by atoms with Crippen LogP contribution in [0, 0.1) is 0 Å². The van der Waals surface area contributed by atoms with Crippen LogP contribution in [-0.2, 0) is 16.1 Å². The monoisotopic (exact) mass is 342 g/mol. The summed E-state index contributed by atoms with van der Waals surface area (Å²) in [4.78, 5) is 12.4. The van der Waals surface area contributed by atoms with Crippen LogP contribution in [-0.4, -0.2) is 21.1 Å². The number of rotatable bonds is 6. The molecule has 0 aliphatic carbocycles. The van der Waals surface area contributed by atoms with E-state index < -0.39 is 14.1 Å². The van der Waals surface area contributed by atoms with Gasteiger partial charge < -0.3 is 15.8 Å². The first kappa shape index (κ1) is 18.4. The first-order valence-electron chi connectivity index (χ1n) is 8.06. The molecular formula is C19H26N2O2Si. The van der Waals surface area contributed by atoms with E-state index in [2.05, 4.69) is 37.1 Å². The summed E-state index contributed by atoms with van der Waals surface area (Å²) in [7, 11) is 0.323. The van der Waals surface area contributed by atoms with E-state index in [1.165, 1.54) is 5.19 Å². The predicted octanol–water partition coefficient (Wildman–Crippen LogP) is 3.02. The quantitative estimate of drug-likeness (QED) is 0.793. The van der Waals surface area contributed by atoms with Crippen LogP contribution in [0.4, 0.5) is 5.69 Å². The number of benzene rings is 2. The second kappa shape index (κ2) is 7.74. The molecule has 0 saturated carbocycles. The lowest BCUT2D eigenvalue weighted by Crippen LogP contribution is -2.37. The van der Waals surface area contributed by atoms with E-state index in [0.29, 0.717) is 6.61 Å². The van der Waals surface area contributed by atoms with E-state index in [1.807, 2.05) is 36.4 Å². The molecule has 128 valence electrons. The number of nitrogens with two attached hydrogens (primary N) is 1. The van der Waals surface area contributed by atoms with Gasteiger partial charge in [-0.2, -0.15) is 0 Å². The number of ether oxygens (including phenoxy) is 1. The smallest absolute Gasteiger partial charge is 0.245 e. The van der Waals surface area contributed by atoms with Gasteiger partial charge in [-0.3, -0.25) is 4.79 Å². The second-order valence-corrected chi connectivity index (χ2v) is 12.0. The van der Waals surface area contributed by atoms with Gasteiger partial charge in [-0.05, 0) is 23.3 Å². The number of anilines is 1. The molecule has 1 atom stereocenters. The van der Waals surface area contributed by atoms with Gasteiger partial charge in [-0.15, -0.1) is 0 Å². The third-order valence-electron chi connectivity index (χ3n) is 3.95. The van der Waals surface area contributed by atoms with E-state index >= 15 is 0 Å². The summed E-state index contributed by atoms with van der Waals surface area (Å²) < 4.78 is 5.08. The molecular weight excluding hydrogens is 316 g/mol. The molecule has 0 heterocycles. The molecule has 3 N–H and O–H groups in total. The summed E-state index contributed by atoms with van der Waals surface area (Å²) >= 11 is 0. The number of amides is 1. The van der Waals surface area contributed by atoms with Crippen LogP contribution in [0.25, 0.3) is 0 Å². The lowest BCUT2D eigenvalue weighted by atomic mass is 10.0. The van der Waals surface area contributed by atoms with Crippen LogP contribution in [0.2, 0.25) is 19.6 Å². The Kier molecular flexibility index (Phi) is 5.93. The number of hydrogen-bond acceptors (Lipinski definition) is 3. The van der Waals surface area contributed by atoms with Gasteiger partial charge >= 0.3 is 0 Å². The Hall–Kier alpha value is -1.95. The third kappa shape index (κ3) is 4.77. The molecule has 0 bridgehead atoms. The molecule has 1 amide bonds. The van der Waals surface area contributed by atoms with Crippen molar-refractivity contribution in [1.29, 1.82) is 0 Å². The van der Waals surface area contributed by atoms with E-state index in [0.717, 1.165) is 16.8 Å². The number of methoxy groups -OCH3 is 1. The van der Waals surface area contributed by atoms with Crippen LogP contribution >= 0.6 is 0 Å². The van der Waals surface area contributed by atoms with Crippen molar-refractivity contribution >= 4 is 24.9 Å². The molecule has 0 unspecified atom stereocenters. The highest BCUT2D eigenvalue weighted by atomic mass is 28.3. The van der Waals surface area contributed by atoms with Crippen molar-refractivity contribution in [3.63, 3.8) is 0 Å². The van der Waals surface area contributed by atoms with Crippen LogP contribution in [0.1, 0.15) is 17.2 Å². The summed E-state index contributed by atoms with van der Waals surface area (Å²) in [5.41, 5.74) is 8.68. The predicted molar refractivity (Wildman–Crippen MR) is 102 cm³/mol. The average Bonchev–Trinajstić information content (AvgIpc) is 2.55. The van der Waals surface area contributed by atoms with Gasteiger partial charge in [0.25, 0.3) is 0 Å². The van der Waals surface area contributed by atoms with Crippen molar-refractivity contribution in [3.8, 4) is 0 Å². The Bertz CT molecular complexity index is 676. The van der Waals surface area contributed by atoms with Gasteiger partial charge in [-0.1, -0.05) is 61.2 Å². The fourth-order valence-corrected chi connectivity index (χ4v) is 3.58. The maximum absolute atomic E-state index is 12.4. The van der Waals surface area contributed by atoms with Crippen LogP contribution in [0.15, 0.2) is 48.5 Å². The largest absolute Gasteiger partial charge is 0.380 e. The van der Waals surface area contributed by atoms with Crippen LogP contribution in [0.5, 0.6) is 0 Å². The fourth-order valence-electron chi connectivity index (χ4n) is 2.41. The molecule has 2 aromatic carbocycles. The SMILES string of the molecule is COCc1ccc([C@H](N)C(=O)Nc2ccc([Si](C)(C)C)cc2)cc1. The highest BCUT2D eigenvalue weighted by molar-refractivity contribution is 6.88. The van der Waals surface area contributed by atoms with Crippen LogP contribution < -0.4 is 16.2 Å². The summed E-state index contributed by atoms with van der Waals surface area (Å²) in [6.45, 7) is 7.43. The topological polar surface area (TPSA) is 64.3 Å². The zero-order valence-electron chi connectivity index (χ0n) is 14.8. The Balaban J connectivity index is 2.03. The van der Waals surface area contributed by atoms with Gasteiger partial charge in [0, 0.05) is 12.8 Å². The summed E-state index contributed by atoms with van der Waals surface area (Å²) in [6, 6.07) is 15.0. The Morgan fingerprint density at radius 3 is 2.17 bits per heavy atom. The Morgan fingerprint density at radius 2 is 1.67 bits per heavy atom. The molecule has 24 heavy (non-hydrogen) atoms. The first-order chi connectivity index (χ1) is 11.3. The molecule has 0 aromatic heterocycles. The average molecular weight is 343 g/mol. The minimum atomic E-state index is -1.33. The Morgan fingerprint density at radius 1 is 1.08 bits per heavy atom. The minimum absolute atomic E-state index is 0.213. The third-order valence-corrected chi connectivity index (χ3v) is 6.02. The molecule has 5 heteroatoms. The van der Waals surface area contributed by atoms with Gasteiger partial charge in [0.2, 0.25) is 5.91 Å². The van der Waals surface area contributed by atoms with Crippen molar-refractivity contribution in [2.75, 3.05) is 12.4 Å². The molecule has 0 fully saturated rings. The zero-order chi connectivity index (χ0) is 17.7. The van der Waals surface area contributed by atoms with Crippen molar-refractivity contribution in [2.45, 2.75) is 32.3 Å². The minimum Gasteiger partial charge on any atom is -0.380 e. The lowest BCUT2D eigenvalue weighted by Gasteiger charge is -2.17. The molecule has 0 radical (unpaired) electrons. The highest BCUT2D eigenvalue weighted by Crippen LogP contribution is 2.15. The lowest BCUT2D eigenvalue weighted by molar-refractivity contribution is -0.117. The Labute approximate surface area is 145 Å². The van der Waals surface area contributed by atoms with E-state index in [-0.39, 0.29) is 5.91 Å². The van der Waals surface area contributed by atoms with E-state index in [1.54, 1.807) is 7.11 Å². The maximum Gasteiger partial charge on any atom is 0.245 e. The first-order valence-corrected chi connectivity index (χ1v) is 11.6. The fraction of sp³-hybridized carbons (Fsp3) is 0.316. The summed E-state index contributed by atoms with van der Waals surface area (Å²) in [5, 5.41) is 4.25. The number of carbonyl (C=O) groups is 1. The van der Waals surface area contributed by atoms with Gasteiger partial charge in [0.1, 0.15) is 6.04 Å². The standard InChI is InChI=1S/C19H26N2O2Si/c1-23-13-14-5-7-15(8-6-14)18(20)19(22)21-16-9-11-17(12-10-16)24(2,3)4/h5-12,18H,13,20H2,1-4H3,(H,21,22)/t18-/m0/s1. The highest BCUT2D eigenvalue weighted by Gasteiger charge is 2.18. The molecule has 4 nitrogen and oxygen atoms in total. The molecule has 0 aliphatic heterocycles. The molecule has 2 aromatic rings. The van der Waals surface area contributed by atoms with Gasteiger partial charge in [-0.25, -0.2) is 0 Å².